The average Bonchev–Trinajstić information content (AvgIpc) is 3.40. The summed E-state index contributed by atoms with van der Waals surface area (Å²) < 4.78 is 41.2. The van der Waals surface area contributed by atoms with Gasteiger partial charge in [0.05, 0.1) is 17.0 Å². The van der Waals surface area contributed by atoms with E-state index in [0.29, 0.717) is 20.9 Å². The fraction of sp³-hybridized carbons (Fsp3) is 0.120. The number of hydrogen-bond acceptors (Lipinski definition) is 6. The summed E-state index contributed by atoms with van der Waals surface area (Å²) in [6, 6.07) is 9.08. The highest BCUT2D eigenvalue weighted by Gasteiger charge is 2.32. The van der Waals surface area contributed by atoms with Crippen LogP contribution in [0, 0.1) is 17.5 Å². The molecule has 2 heterocycles. The Labute approximate surface area is 222 Å². The maximum absolute atomic E-state index is 14.2. The van der Waals surface area contributed by atoms with Crippen LogP contribution in [0.5, 0.6) is 0 Å². The highest BCUT2D eigenvalue weighted by molar-refractivity contribution is 8.26. The lowest BCUT2D eigenvalue weighted by Crippen LogP contribution is -2.31. The summed E-state index contributed by atoms with van der Waals surface area (Å²) in [4.78, 5) is 38.3. The van der Waals surface area contributed by atoms with Crippen LogP contribution in [0.4, 0.5) is 18.9 Å². The molecule has 37 heavy (non-hydrogen) atoms. The number of thioether (sulfide) groups is 1. The van der Waals surface area contributed by atoms with Gasteiger partial charge in [-0.25, -0.2) is 13.2 Å². The maximum Gasteiger partial charge on any atom is 0.307 e. The molecule has 6 nitrogen and oxygen atoms in total. The number of nitrogens with one attached hydrogen (secondary N) is 1. The smallest absolute Gasteiger partial charge is 0.307 e. The van der Waals surface area contributed by atoms with E-state index < -0.39 is 29.3 Å². The molecule has 1 fully saturated rings. The van der Waals surface area contributed by atoms with Crippen LogP contribution < -0.4 is 5.32 Å². The van der Waals surface area contributed by atoms with E-state index in [-0.39, 0.29) is 40.9 Å². The van der Waals surface area contributed by atoms with Crippen molar-refractivity contribution in [3.8, 4) is 11.1 Å². The van der Waals surface area contributed by atoms with Gasteiger partial charge in [-0.05, 0) is 58.5 Å². The number of aliphatic carboxylic acids is 1. The monoisotopic (exact) mass is 562 g/mol. The number of rotatable bonds is 8. The zero-order valence-corrected chi connectivity index (χ0v) is 21.2. The van der Waals surface area contributed by atoms with Crippen LogP contribution in [0.15, 0.2) is 52.7 Å². The van der Waals surface area contributed by atoms with E-state index in [9.17, 15) is 27.6 Å². The minimum absolute atomic E-state index is 0.0168. The molecular formula is C25H17F3N2O4S3. The minimum Gasteiger partial charge on any atom is -0.481 e. The molecule has 0 spiro atoms. The van der Waals surface area contributed by atoms with Crippen LogP contribution in [0.2, 0.25) is 0 Å². The van der Waals surface area contributed by atoms with E-state index in [4.69, 9.17) is 17.3 Å². The van der Waals surface area contributed by atoms with Crippen molar-refractivity contribution in [3.63, 3.8) is 0 Å². The highest BCUT2D eigenvalue weighted by atomic mass is 32.2. The molecule has 190 valence electrons. The molecule has 3 aromatic rings. The van der Waals surface area contributed by atoms with Crippen LogP contribution in [0.3, 0.4) is 0 Å². The fourth-order valence-electron chi connectivity index (χ4n) is 3.45. The highest BCUT2D eigenvalue weighted by Crippen LogP contribution is 2.35. The average molecular weight is 563 g/mol. The summed E-state index contributed by atoms with van der Waals surface area (Å²) >= 11 is 7.68. The topological polar surface area (TPSA) is 86.7 Å². The number of thiophene rings is 1. The molecule has 1 saturated heterocycles. The molecule has 0 unspecified atom stereocenters. The van der Waals surface area contributed by atoms with Crippen molar-refractivity contribution >= 4 is 69.2 Å². The number of benzene rings is 2. The lowest BCUT2D eigenvalue weighted by atomic mass is 10.1. The Kier molecular flexibility index (Phi) is 8.10. The van der Waals surface area contributed by atoms with Gasteiger partial charge in [0.1, 0.15) is 10.1 Å². The Morgan fingerprint density at radius 2 is 1.81 bits per heavy atom. The van der Waals surface area contributed by atoms with E-state index in [0.717, 1.165) is 30.0 Å². The predicted octanol–water partition coefficient (Wildman–Crippen LogP) is 5.69. The van der Waals surface area contributed by atoms with Crippen molar-refractivity contribution < 1.29 is 32.7 Å². The second-order valence-corrected chi connectivity index (χ2v) is 10.5. The lowest BCUT2D eigenvalue weighted by Gasteiger charge is -2.14. The van der Waals surface area contributed by atoms with Crippen molar-refractivity contribution in [2.24, 2.45) is 0 Å². The predicted molar refractivity (Wildman–Crippen MR) is 141 cm³/mol. The second-order valence-electron chi connectivity index (χ2n) is 7.88. The van der Waals surface area contributed by atoms with Crippen LogP contribution in [-0.2, 0) is 20.8 Å². The van der Waals surface area contributed by atoms with Gasteiger partial charge in [-0.1, -0.05) is 36.1 Å². The van der Waals surface area contributed by atoms with Gasteiger partial charge in [0.2, 0.25) is 5.91 Å². The first-order chi connectivity index (χ1) is 17.6. The summed E-state index contributed by atoms with van der Waals surface area (Å²) in [7, 11) is 0. The first-order valence-corrected chi connectivity index (χ1v) is 12.8. The number of anilines is 1. The quantitative estimate of drug-likeness (QED) is 0.271. The molecule has 0 bridgehead atoms. The number of halogens is 3. The van der Waals surface area contributed by atoms with E-state index in [1.165, 1.54) is 34.4 Å². The van der Waals surface area contributed by atoms with Crippen molar-refractivity contribution in [1.29, 1.82) is 0 Å². The number of nitrogens with zero attached hydrogens (tertiary/aromatic N) is 1. The third-order valence-corrected chi connectivity index (χ3v) is 7.50. The van der Waals surface area contributed by atoms with Crippen molar-refractivity contribution in [2.45, 2.75) is 12.8 Å². The van der Waals surface area contributed by atoms with Gasteiger partial charge >= 0.3 is 5.97 Å². The van der Waals surface area contributed by atoms with Crippen molar-refractivity contribution in [3.05, 3.63) is 80.6 Å². The molecule has 2 aromatic carbocycles. The molecule has 0 aliphatic carbocycles. The number of hydrogen-bond donors (Lipinski definition) is 2. The number of carboxylic acids is 1. The normalized spacial score (nSPS) is 14.5. The molecule has 1 aliphatic rings. The first-order valence-electron chi connectivity index (χ1n) is 10.7. The Bertz CT molecular complexity index is 1450. The van der Waals surface area contributed by atoms with Gasteiger partial charge in [-0.3, -0.25) is 19.3 Å². The lowest BCUT2D eigenvalue weighted by molar-refractivity contribution is -0.136. The van der Waals surface area contributed by atoms with Crippen LogP contribution in [0.25, 0.3) is 17.2 Å². The van der Waals surface area contributed by atoms with E-state index in [1.54, 1.807) is 17.5 Å². The fourth-order valence-corrected chi connectivity index (χ4v) is 5.67. The summed E-state index contributed by atoms with van der Waals surface area (Å²) in [5, 5.41) is 13.0. The van der Waals surface area contributed by atoms with Crippen LogP contribution in [0.1, 0.15) is 16.9 Å². The van der Waals surface area contributed by atoms with Gasteiger partial charge < -0.3 is 10.4 Å². The molecule has 0 radical (unpaired) electrons. The SMILES string of the molecule is O=C(O)Cc1ccc(NC(=O)CCN2C(=O)C(=Cc3cc(-c4ccc(F)c(F)c4)cs3)SC2=S)c(F)c1. The van der Waals surface area contributed by atoms with E-state index in [1.807, 2.05) is 0 Å². The van der Waals surface area contributed by atoms with Crippen LogP contribution in [-0.4, -0.2) is 38.7 Å². The zero-order valence-electron chi connectivity index (χ0n) is 18.8. The van der Waals surface area contributed by atoms with Gasteiger partial charge in [0, 0.05) is 17.8 Å². The summed E-state index contributed by atoms with van der Waals surface area (Å²) in [6.45, 7) is -0.0168. The molecule has 0 saturated carbocycles. The van der Waals surface area contributed by atoms with Crippen molar-refractivity contribution in [1.82, 2.24) is 4.90 Å². The zero-order chi connectivity index (χ0) is 26.7. The molecule has 1 aromatic heterocycles. The van der Waals surface area contributed by atoms with E-state index in [2.05, 4.69) is 5.32 Å². The number of amides is 2. The van der Waals surface area contributed by atoms with Gasteiger partial charge in [-0.2, -0.15) is 0 Å². The molecule has 1 aliphatic heterocycles. The molecule has 0 atom stereocenters. The third kappa shape index (κ3) is 6.45. The number of thiocarbonyl (C=S) groups is 1. The summed E-state index contributed by atoms with van der Waals surface area (Å²) in [6.07, 6.45) is 1.15. The Balaban J connectivity index is 1.37. The van der Waals surface area contributed by atoms with Gasteiger partial charge in [0.25, 0.3) is 5.91 Å². The third-order valence-electron chi connectivity index (χ3n) is 5.25. The Hall–Kier alpha value is -3.48. The van der Waals surface area contributed by atoms with Crippen LogP contribution >= 0.6 is 35.3 Å². The van der Waals surface area contributed by atoms with E-state index >= 15 is 0 Å². The molecule has 2 amide bonds. The summed E-state index contributed by atoms with van der Waals surface area (Å²) in [5.74, 6) is -4.67. The molecule has 4 rings (SSSR count). The standard InChI is InChI=1S/C25H17F3N2O4S3/c26-17-3-2-14(10-18(17)27)15-9-16(36-12-15)11-21-24(34)30(25(35)37-21)6-5-22(31)29-20-4-1-13(7-19(20)28)8-23(32)33/h1-4,7,9-12H,5-6,8H2,(H,29,31)(H,32,33). The number of carboxylic acid groups (broad SMARTS) is 1. The van der Waals surface area contributed by atoms with Crippen molar-refractivity contribution in [2.75, 3.05) is 11.9 Å². The number of carbonyl (C=O) groups is 3. The minimum atomic E-state index is -1.10. The largest absolute Gasteiger partial charge is 0.481 e. The summed E-state index contributed by atoms with van der Waals surface area (Å²) in [5.41, 5.74) is 1.33. The van der Waals surface area contributed by atoms with Gasteiger partial charge in [-0.15, -0.1) is 11.3 Å². The number of carbonyl (C=O) groups excluding carboxylic acids is 2. The first kappa shape index (κ1) is 26.6. The molecule has 2 N–H and O–H groups in total. The molecule has 12 heteroatoms. The Morgan fingerprint density at radius 3 is 2.51 bits per heavy atom. The Morgan fingerprint density at radius 1 is 1.03 bits per heavy atom. The van der Waals surface area contributed by atoms with Gasteiger partial charge in [0.15, 0.2) is 11.6 Å². The second kappa shape index (κ2) is 11.3. The molecular weight excluding hydrogens is 545 g/mol. The maximum atomic E-state index is 14.2.